The number of hydrogen-bond acceptors (Lipinski definition) is 4. The summed E-state index contributed by atoms with van der Waals surface area (Å²) in [7, 11) is 0. The molecule has 0 radical (unpaired) electrons. The predicted octanol–water partition coefficient (Wildman–Crippen LogP) is 1.62. The van der Waals surface area contributed by atoms with Gasteiger partial charge in [-0.3, -0.25) is 9.59 Å². The molecular formula is C17H17N3O3. The highest BCUT2D eigenvalue weighted by Crippen LogP contribution is 2.11. The Balaban J connectivity index is 1.92. The second-order valence-corrected chi connectivity index (χ2v) is 4.84. The van der Waals surface area contributed by atoms with Crippen molar-refractivity contribution in [3.8, 4) is 5.75 Å². The molecule has 2 rings (SSSR count). The Bertz CT molecular complexity index is 724. The van der Waals surface area contributed by atoms with Crippen LogP contribution in [0.1, 0.15) is 21.5 Å². The van der Waals surface area contributed by atoms with Gasteiger partial charge in [0.1, 0.15) is 5.75 Å². The Morgan fingerprint density at radius 1 is 1.17 bits per heavy atom. The van der Waals surface area contributed by atoms with Crippen molar-refractivity contribution in [2.75, 3.05) is 6.61 Å². The fourth-order valence-corrected chi connectivity index (χ4v) is 1.86. The van der Waals surface area contributed by atoms with Crippen LogP contribution in [0.2, 0.25) is 0 Å². The van der Waals surface area contributed by atoms with Gasteiger partial charge >= 0.3 is 0 Å². The molecule has 0 atom stereocenters. The number of primary amides is 1. The molecule has 6 heteroatoms. The Labute approximate surface area is 134 Å². The number of nitrogens with one attached hydrogen (secondary N) is 1. The number of carbonyl (C=O) groups excluding carboxylic acids is 2. The summed E-state index contributed by atoms with van der Waals surface area (Å²) in [5, 5.41) is 3.92. The van der Waals surface area contributed by atoms with Crippen LogP contribution in [0.3, 0.4) is 0 Å². The molecule has 2 amide bonds. The van der Waals surface area contributed by atoms with Crippen LogP contribution in [-0.2, 0) is 4.79 Å². The molecule has 0 unspecified atom stereocenters. The van der Waals surface area contributed by atoms with E-state index in [9.17, 15) is 9.59 Å². The molecule has 0 aliphatic heterocycles. The van der Waals surface area contributed by atoms with Gasteiger partial charge < -0.3 is 10.5 Å². The zero-order chi connectivity index (χ0) is 16.7. The smallest absolute Gasteiger partial charge is 0.271 e. The lowest BCUT2D eigenvalue weighted by molar-refractivity contribution is -0.119. The van der Waals surface area contributed by atoms with Gasteiger partial charge in [-0.1, -0.05) is 18.2 Å². The Kier molecular flexibility index (Phi) is 5.46. The molecule has 3 N–H and O–H groups in total. The highest BCUT2D eigenvalue weighted by atomic mass is 16.5. The number of nitrogens with zero attached hydrogens (tertiary/aromatic N) is 1. The second kappa shape index (κ2) is 7.74. The fraction of sp³-hybridized carbons (Fsp3) is 0.118. The fourth-order valence-electron chi connectivity index (χ4n) is 1.86. The van der Waals surface area contributed by atoms with Crippen molar-refractivity contribution in [2.24, 2.45) is 10.8 Å². The number of ether oxygens (including phenoxy) is 1. The molecule has 0 aliphatic carbocycles. The van der Waals surface area contributed by atoms with Crippen LogP contribution in [0, 0.1) is 6.92 Å². The molecule has 0 heterocycles. The summed E-state index contributed by atoms with van der Waals surface area (Å²) in [6.07, 6.45) is 1.52. The molecule has 2 aromatic carbocycles. The van der Waals surface area contributed by atoms with Crippen LogP contribution in [0.4, 0.5) is 0 Å². The maximum Gasteiger partial charge on any atom is 0.271 e. The standard InChI is InChI=1S/C17H17N3O3/c1-12-4-2-3-5-15(12)17(22)20-19-10-13-6-8-14(9-7-13)23-11-16(18)21/h2-10H,11H2,1H3,(H2,18,21)(H,20,22)/b19-10-. The van der Waals surface area contributed by atoms with E-state index in [1.165, 1.54) is 6.21 Å². The topological polar surface area (TPSA) is 93.8 Å². The summed E-state index contributed by atoms with van der Waals surface area (Å²) in [6.45, 7) is 1.70. The van der Waals surface area contributed by atoms with Crippen LogP contribution < -0.4 is 15.9 Å². The van der Waals surface area contributed by atoms with E-state index in [1.807, 2.05) is 19.1 Å². The molecular weight excluding hydrogens is 294 g/mol. The minimum absolute atomic E-state index is 0.167. The molecule has 118 valence electrons. The zero-order valence-electron chi connectivity index (χ0n) is 12.7. The average molecular weight is 311 g/mol. The van der Waals surface area contributed by atoms with Crippen LogP contribution in [-0.4, -0.2) is 24.6 Å². The van der Waals surface area contributed by atoms with Crippen LogP contribution in [0.5, 0.6) is 5.75 Å². The minimum Gasteiger partial charge on any atom is -0.484 e. The average Bonchev–Trinajstić information content (AvgIpc) is 2.54. The first-order valence-electron chi connectivity index (χ1n) is 6.96. The van der Waals surface area contributed by atoms with Gasteiger partial charge in [0.05, 0.1) is 6.21 Å². The summed E-state index contributed by atoms with van der Waals surface area (Å²) in [5.41, 5.74) is 9.73. The third kappa shape index (κ3) is 4.96. The van der Waals surface area contributed by atoms with Gasteiger partial charge in [-0.05, 0) is 48.4 Å². The Morgan fingerprint density at radius 2 is 1.87 bits per heavy atom. The number of nitrogens with two attached hydrogens (primary N) is 1. The quantitative estimate of drug-likeness (QED) is 0.627. The van der Waals surface area contributed by atoms with Gasteiger partial charge in [0, 0.05) is 5.56 Å². The molecule has 0 bridgehead atoms. The lowest BCUT2D eigenvalue weighted by Crippen LogP contribution is -2.20. The van der Waals surface area contributed by atoms with Crippen molar-refractivity contribution in [2.45, 2.75) is 6.92 Å². The van der Waals surface area contributed by atoms with Crippen LogP contribution >= 0.6 is 0 Å². The van der Waals surface area contributed by atoms with E-state index in [2.05, 4.69) is 10.5 Å². The summed E-state index contributed by atoms with van der Waals surface area (Å²) >= 11 is 0. The molecule has 0 aliphatic rings. The highest BCUT2D eigenvalue weighted by Gasteiger charge is 2.06. The van der Waals surface area contributed by atoms with E-state index in [4.69, 9.17) is 10.5 Å². The summed E-state index contributed by atoms with van der Waals surface area (Å²) in [6, 6.07) is 14.2. The van der Waals surface area contributed by atoms with Crippen molar-refractivity contribution in [1.29, 1.82) is 0 Å². The van der Waals surface area contributed by atoms with Crippen molar-refractivity contribution >= 4 is 18.0 Å². The highest BCUT2D eigenvalue weighted by molar-refractivity contribution is 5.96. The summed E-state index contributed by atoms with van der Waals surface area (Å²) < 4.78 is 5.15. The zero-order valence-corrected chi connectivity index (χ0v) is 12.7. The number of hydrogen-bond donors (Lipinski definition) is 2. The van der Waals surface area contributed by atoms with Crippen LogP contribution in [0.15, 0.2) is 53.6 Å². The van der Waals surface area contributed by atoms with Gasteiger partial charge in [-0.25, -0.2) is 5.43 Å². The molecule has 2 aromatic rings. The van der Waals surface area contributed by atoms with E-state index >= 15 is 0 Å². The van der Waals surface area contributed by atoms with E-state index in [0.717, 1.165) is 11.1 Å². The number of carbonyl (C=O) groups is 2. The number of rotatable bonds is 6. The molecule has 0 fully saturated rings. The molecule has 0 saturated carbocycles. The molecule has 0 spiro atoms. The molecule has 0 aromatic heterocycles. The molecule has 6 nitrogen and oxygen atoms in total. The van der Waals surface area contributed by atoms with Crippen molar-refractivity contribution in [1.82, 2.24) is 5.43 Å². The van der Waals surface area contributed by atoms with Gasteiger partial charge in [-0.2, -0.15) is 5.10 Å². The Hall–Kier alpha value is -3.15. The number of aryl methyl sites for hydroxylation is 1. The number of amides is 2. The second-order valence-electron chi connectivity index (χ2n) is 4.84. The normalized spacial score (nSPS) is 10.5. The first-order valence-corrected chi connectivity index (χ1v) is 6.96. The van der Waals surface area contributed by atoms with Crippen molar-refractivity contribution < 1.29 is 14.3 Å². The maximum absolute atomic E-state index is 12.0. The minimum atomic E-state index is -0.533. The van der Waals surface area contributed by atoms with E-state index < -0.39 is 5.91 Å². The van der Waals surface area contributed by atoms with Crippen molar-refractivity contribution in [3.05, 3.63) is 65.2 Å². The van der Waals surface area contributed by atoms with E-state index in [1.54, 1.807) is 36.4 Å². The lowest BCUT2D eigenvalue weighted by Gasteiger charge is -2.04. The Morgan fingerprint density at radius 3 is 2.52 bits per heavy atom. The lowest BCUT2D eigenvalue weighted by atomic mass is 10.1. The maximum atomic E-state index is 12.0. The summed E-state index contributed by atoms with van der Waals surface area (Å²) in [4.78, 5) is 22.6. The predicted molar refractivity (Wildman–Crippen MR) is 87.4 cm³/mol. The van der Waals surface area contributed by atoms with Gasteiger partial charge in [0.2, 0.25) is 0 Å². The number of hydrazone groups is 1. The largest absolute Gasteiger partial charge is 0.484 e. The third-order valence-electron chi connectivity index (χ3n) is 3.03. The van der Waals surface area contributed by atoms with E-state index in [-0.39, 0.29) is 12.5 Å². The molecule has 0 saturated heterocycles. The first kappa shape index (κ1) is 16.2. The van der Waals surface area contributed by atoms with Gasteiger partial charge in [0.15, 0.2) is 6.61 Å². The monoisotopic (exact) mass is 311 g/mol. The molecule has 23 heavy (non-hydrogen) atoms. The third-order valence-corrected chi connectivity index (χ3v) is 3.03. The van der Waals surface area contributed by atoms with Gasteiger partial charge in [-0.15, -0.1) is 0 Å². The number of benzene rings is 2. The summed E-state index contributed by atoms with van der Waals surface area (Å²) in [5.74, 6) is -0.264. The first-order chi connectivity index (χ1) is 11.1. The van der Waals surface area contributed by atoms with Gasteiger partial charge in [0.25, 0.3) is 11.8 Å². The van der Waals surface area contributed by atoms with Crippen LogP contribution in [0.25, 0.3) is 0 Å². The van der Waals surface area contributed by atoms with Crippen molar-refractivity contribution in [3.63, 3.8) is 0 Å². The SMILES string of the molecule is Cc1ccccc1C(=O)N/N=C\c1ccc(OCC(N)=O)cc1. The van der Waals surface area contributed by atoms with E-state index in [0.29, 0.717) is 11.3 Å².